The fourth-order valence-corrected chi connectivity index (χ4v) is 6.77. The highest BCUT2D eigenvalue weighted by molar-refractivity contribution is 7.80. The molecule has 1 aromatic heterocycles. The largest absolute Gasteiger partial charge is 0.381 e. The van der Waals surface area contributed by atoms with Gasteiger partial charge in [-0.05, 0) is 73.9 Å². The van der Waals surface area contributed by atoms with Crippen molar-refractivity contribution in [3.8, 4) is 0 Å². The summed E-state index contributed by atoms with van der Waals surface area (Å²) < 4.78 is 5.71. The summed E-state index contributed by atoms with van der Waals surface area (Å²) in [6.07, 6.45) is 8.11. The Labute approximate surface area is 244 Å². The van der Waals surface area contributed by atoms with Crippen LogP contribution in [0.2, 0.25) is 5.02 Å². The third kappa shape index (κ3) is 7.33. The standard InChI is InChI=1S/C30H43ClN6OS/c1-22-17-23(2)20-37(19-22)27-18-26(36-13-5-3-4-6-14-36)33-28(34-27)35-29(39)32-21-30(11-15-38-16-12-30)24-7-9-25(31)10-8-24/h7-10,18,22-23H,3-6,11-17,19-21H2,1-2H3,(H2,32,33,34,35,39)/t22-,23+. The monoisotopic (exact) mass is 570 g/mol. The molecule has 7 nitrogen and oxygen atoms in total. The lowest BCUT2D eigenvalue weighted by molar-refractivity contribution is 0.0515. The van der Waals surface area contributed by atoms with Crippen molar-refractivity contribution in [2.24, 2.45) is 11.8 Å². The average molecular weight is 571 g/mol. The topological polar surface area (TPSA) is 65.5 Å². The van der Waals surface area contributed by atoms with Gasteiger partial charge in [-0.3, -0.25) is 0 Å². The molecule has 0 unspecified atom stereocenters. The molecule has 39 heavy (non-hydrogen) atoms. The number of ether oxygens (including phenoxy) is 1. The van der Waals surface area contributed by atoms with Crippen LogP contribution in [-0.2, 0) is 10.2 Å². The molecule has 3 saturated heterocycles. The van der Waals surface area contributed by atoms with Crippen LogP contribution in [0.5, 0.6) is 0 Å². The number of piperidine rings is 1. The molecular formula is C30H43ClN6OS. The third-order valence-electron chi connectivity index (χ3n) is 8.54. The van der Waals surface area contributed by atoms with Gasteiger partial charge in [-0.2, -0.15) is 9.97 Å². The van der Waals surface area contributed by atoms with E-state index >= 15 is 0 Å². The number of nitrogens with zero attached hydrogens (tertiary/aromatic N) is 4. The molecule has 3 aliphatic rings. The molecule has 3 fully saturated rings. The van der Waals surface area contributed by atoms with Crippen molar-refractivity contribution in [2.45, 2.75) is 64.2 Å². The number of anilines is 3. The molecular weight excluding hydrogens is 528 g/mol. The van der Waals surface area contributed by atoms with E-state index in [4.69, 9.17) is 38.5 Å². The fraction of sp³-hybridized carbons (Fsp3) is 0.633. The van der Waals surface area contributed by atoms with E-state index in [0.29, 0.717) is 29.4 Å². The highest BCUT2D eigenvalue weighted by atomic mass is 35.5. The van der Waals surface area contributed by atoms with Gasteiger partial charge in [0.25, 0.3) is 0 Å². The van der Waals surface area contributed by atoms with Gasteiger partial charge >= 0.3 is 0 Å². The van der Waals surface area contributed by atoms with Crippen LogP contribution in [0.15, 0.2) is 30.3 Å². The Bertz CT molecular complexity index is 1090. The first-order chi connectivity index (χ1) is 18.9. The molecule has 2 aromatic rings. The van der Waals surface area contributed by atoms with Crippen molar-refractivity contribution < 1.29 is 4.74 Å². The van der Waals surface area contributed by atoms with Gasteiger partial charge < -0.3 is 25.2 Å². The minimum atomic E-state index is -0.0609. The van der Waals surface area contributed by atoms with Crippen LogP contribution in [-0.4, -0.2) is 61.0 Å². The van der Waals surface area contributed by atoms with E-state index in [1.807, 2.05) is 12.1 Å². The van der Waals surface area contributed by atoms with Crippen molar-refractivity contribution in [1.29, 1.82) is 0 Å². The van der Waals surface area contributed by atoms with Crippen LogP contribution < -0.4 is 20.4 Å². The maximum absolute atomic E-state index is 6.18. The molecule has 4 heterocycles. The van der Waals surface area contributed by atoms with E-state index in [1.165, 1.54) is 37.7 Å². The maximum Gasteiger partial charge on any atom is 0.232 e. The van der Waals surface area contributed by atoms with Crippen molar-refractivity contribution in [1.82, 2.24) is 15.3 Å². The van der Waals surface area contributed by atoms with Crippen molar-refractivity contribution in [3.05, 3.63) is 40.9 Å². The number of benzene rings is 1. The Balaban J connectivity index is 1.34. The van der Waals surface area contributed by atoms with E-state index in [9.17, 15) is 0 Å². The number of rotatable bonds is 6. The van der Waals surface area contributed by atoms with E-state index in [-0.39, 0.29) is 5.41 Å². The lowest BCUT2D eigenvalue weighted by Crippen LogP contribution is -2.45. The quantitative estimate of drug-likeness (QED) is 0.408. The smallest absolute Gasteiger partial charge is 0.232 e. The molecule has 1 aromatic carbocycles. The minimum Gasteiger partial charge on any atom is -0.381 e. The summed E-state index contributed by atoms with van der Waals surface area (Å²) >= 11 is 12.0. The molecule has 0 amide bonds. The molecule has 0 saturated carbocycles. The first-order valence-corrected chi connectivity index (χ1v) is 15.5. The van der Waals surface area contributed by atoms with E-state index in [0.717, 1.165) is 68.9 Å². The van der Waals surface area contributed by atoms with Gasteiger partial charge in [0.05, 0.1) is 0 Å². The molecule has 0 radical (unpaired) electrons. The zero-order chi connectivity index (χ0) is 27.2. The van der Waals surface area contributed by atoms with Crippen LogP contribution in [0.1, 0.15) is 64.4 Å². The van der Waals surface area contributed by atoms with E-state index in [2.05, 4.69) is 52.5 Å². The fourth-order valence-electron chi connectivity index (χ4n) is 6.48. The zero-order valence-electron chi connectivity index (χ0n) is 23.4. The summed E-state index contributed by atoms with van der Waals surface area (Å²) in [5, 5.41) is 8.15. The van der Waals surface area contributed by atoms with Crippen LogP contribution in [0.25, 0.3) is 0 Å². The van der Waals surface area contributed by atoms with E-state index in [1.54, 1.807) is 0 Å². The molecule has 0 bridgehead atoms. The van der Waals surface area contributed by atoms with Crippen molar-refractivity contribution in [2.75, 3.05) is 61.1 Å². The Kier molecular flexibility index (Phi) is 9.46. The third-order valence-corrected chi connectivity index (χ3v) is 9.04. The highest BCUT2D eigenvalue weighted by Gasteiger charge is 2.34. The second-order valence-corrected chi connectivity index (χ2v) is 12.7. The van der Waals surface area contributed by atoms with Crippen molar-refractivity contribution >= 4 is 46.5 Å². The van der Waals surface area contributed by atoms with Crippen molar-refractivity contribution in [3.63, 3.8) is 0 Å². The van der Waals surface area contributed by atoms with Crippen LogP contribution >= 0.6 is 23.8 Å². The van der Waals surface area contributed by atoms with Gasteiger partial charge in [0.15, 0.2) is 5.11 Å². The molecule has 0 spiro atoms. The number of hydrogen-bond acceptors (Lipinski definition) is 6. The number of thiocarbonyl (C=S) groups is 1. The van der Waals surface area contributed by atoms with Gasteiger partial charge in [0.2, 0.25) is 5.95 Å². The summed E-state index contributed by atoms with van der Waals surface area (Å²) in [5.41, 5.74) is 1.20. The molecule has 2 atom stereocenters. The second-order valence-electron chi connectivity index (χ2n) is 11.9. The molecule has 9 heteroatoms. The van der Waals surface area contributed by atoms with Crippen LogP contribution in [0.4, 0.5) is 17.6 Å². The predicted octanol–water partition coefficient (Wildman–Crippen LogP) is 6.03. The average Bonchev–Trinajstić information content (AvgIpc) is 3.22. The second kappa shape index (κ2) is 13.0. The zero-order valence-corrected chi connectivity index (χ0v) is 25.0. The summed E-state index contributed by atoms with van der Waals surface area (Å²) in [4.78, 5) is 14.8. The van der Waals surface area contributed by atoms with Crippen LogP contribution in [0, 0.1) is 11.8 Å². The molecule has 3 aliphatic heterocycles. The Morgan fingerprint density at radius 1 is 0.974 bits per heavy atom. The predicted molar refractivity (Wildman–Crippen MR) is 165 cm³/mol. The normalized spacial score (nSPS) is 23.7. The number of nitrogens with one attached hydrogen (secondary N) is 2. The number of halogens is 1. The molecule has 2 N–H and O–H groups in total. The van der Waals surface area contributed by atoms with Gasteiger partial charge in [-0.25, -0.2) is 0 Å². The summed E-state index contributed by atoms with van der Waals surface area (Å²) in [7, 11) is 0. The van der Waals surface area contributed by atoms with E-state index < -0.39 is 0 Å². The first kappa shape index (κ1) is 28.4. The molecule has 5 rings (SSSR count). The summed E-state index contributed by atoms with van der Waals surface area (Å²) in [5.74, 6) is 3.86. The maximum atomic E-state index is 6.18. The van der Waals surface area contributed by atoms with Gasteiger partial charge in [-0.15, -0.1) is 0 Å². The molecule has 0 aliphatic carbocycles. The van der Waals surface area contributed by atoms with Gasteiger partial charge in [0, 0.05) is 62.4 Å². The SMILES string of the molecule is C[C@@H]1C[C@H](C)CN(c2cc(N3CCCCCC3)nc(NC(=S)NCC3(c4ccc(Cl)cc4)CCOCC3)n2)C1. The summed E-state index contributed by atoms with van der Waals surface area (Å²) in [6.45, 7) is 11.0. The lowest BCUT2D eigenvalue weighted by Gasteiger charge is -2.38. The first-order valence-electron chi connectivity index (χ1n) is 14.7. The van der Waals surface area contributed by atoms with Crippen LogP contribution in [0.3, 0.4) is 0 Å². The molecule has 212 valence electrons. The number of aromatic nitrogens is 2. The lowest BCUT2D eigenvalue weighted by atomic mass is 9.74. The Hall–Kier alpha value is -2.16. The summed E-state index contributed by atoms with van der Waals surface area (Å²) in [6, 6.07) is 10.4. The Morgan fingerprint density at radius 2 is 1.59 bits per heavy atom. The minimum absolute atomic E-state index is 0.0609. The Morgan fingerprint density at radius 3 is 2.23 bits per heavy atom. The number of hydrogen-bond donors (Lipinski definition) is 2. The highest BCUT2D eigenvalue weighted by Crippen LogP contribution is 2.35. The van der Waals surface area contributed by atoms with Gasteiger partial charge in [0.1, 0.15) is 11.6 Å². The van der Waals surface area contributed by atoms with Gasteiger partial charge in [-0.1, -0.05) is 50.4 Å².